The van der Waals surface area contributed by atoms with Crippen molar-refractivity contribution in [2.24, 2.45) is 5.73 Å². The van der Waals surface area contributed by atoms with Crippen molar-refractivity contribution in [3.63, 3.8) is 0 Å². The average molecular weight is 253 g/mol. The van der Waals surface area contributed by atoms with Crippen molar-refractivity contribution in [3.05, 3.63) is 29.2 Å². The molecule has 2 N–H and O–H groups in total. The summed E-state index contributed by atoms with van der Waals surface area (Å²) >= 11 is 5.75. The summed E-state index contributed by atoms with van der Waals surface area (Å²) in [5.74, 6) is 0.827. The van der Waals surface area contributed by atoms with Crippen molar-refractivity contribution in [3.8, 4) is 11.5 Å². The van der Waals surface area contributed by atoms with Crippen LogP contribution >= 0.6 is 11.6 Å². The SMILES string of the molecule is CCC(C)(N)c1nc(-c2ccc(Cl)cn2)no1. The van der Waals surface area contributed by atoms with E-state index in [-0.39, 0.29) is 0 Å². The normalized spacial score (nSPS) is 14.6. The molecule has 17 heavy (non-hydrogen) atoms. The van der Waals surface area contributed by atoms with E-state index in [1.165, 1.54) is 6.20 Å². The predicted octanol–water partition coefficient (Wildman–Crippen LogP) is 2.37. The summed E-state index contributed by atoms with van der Waals surface area (Å²) in [4.78, 5) is 8.36. The van der Waals surface area contributed by atoms with Crippen LogP contribution in [0.4, 0.5) is 0 Å². The van der Waals surface area contributed by atoms with Gasteiger partial charge in [-0.1, -0.05) is 23.7 Å². The maximum absolute atomic E-state index is 6.02. The second-order valence-corrected chi connectivity index (χ2v) is 4.49. The Balaban J connectivity index is 2.33. The molecule has 1 atom stereocenters. The molecular weight excluding hydrogens is 240 g/mol. The van der Waals surface area contributed by atoms with Crippen LogP contribution in [0, 0.1) is 0 Å². The monoisotopic (exact) mass is 252 g/mol. The van der Waals surface area contributed by atoms with E-state index in [2.05, 4.69) is 15.1 Å². The quantitative estimate of drug-likeness (QED) is 0.907. The molecule has 90 valence electrons. The molecule has 0 aliphatic carbocycles. The minimum Gasteiger partial charge on any atom is -0.337 e. The molecule has 2 aromatic heterocycles. The van der Waals surface area contributed by atoms with Gasteiger partial charge < -0.3 is 10.3 Å². The Morgan fingerprint density at radius 2 is 2.24 bits per heavy atom. The largest absolute Gasteiger partial charge is 0.337 e. The van der Waals surface area contributed by atoms with E-state index < -0.39 is 5.54 Å². The first-order valence-electron chi connectivity index (χ1n) is 5.28. The highest BCUT2D eigenvalue weighted by molar-refractivity contribution is 6.30. The molecule has 6 heteroatoms. The van der Waals surface area contributed by atoms with Gasteiger partial charge in [-0.2, -0.15) is 4.98 Å². The second-order valence-electron chi connectivity index (χ2n) is 4.06. The molecule has 2 rings (SSSR count). The average Bonchev–Trinajstić information content (AvgIpc) is 2.80. The molecule has 0 aromatic carbocycles. The van der Waals surface area contributed by atoms with Gasteiger partial charge >= 0.3 is 0 Å². The fourth-order valence-corrected chi connectivity index (χ4v) is 1.33. The lowest BCUT2D eigenvalue weighted by molar-refractivity contribution is 0.291. The first-order chi connectivity index (χ1) is 8.03. The lowest BCUT2D eigenvalue weighted by Gasteiger charge is -2.16. The lowest BCUT2D eigenvalue weighted by Crippen LogP contribution is -2.32. The van der Waals surface area contributed by atoms with E-state index in [4.69, 9.17) is 21.9 Å². The van der Waals surface area contributed by atoms with Crippen LogP contribution in [-0.2, 0) is 5.54 Å². The van der Waals surface area contributed by atoms with E-state index >= 15 is 0 Å². The molecule has 0 aliphatic rings. The molecular formula is C11H13ClN4O. The van der Waals surface area contributed by atoms with Crippen LogP contribution in [0.1, 0.15) is 26.2 Å². The number of hydrogen-bond donors (Lipinski definition) is 1. The third kappa shape index (κ3) is 2.45. The number of halogens is 1. The summed E-state index contributed by atoms with van der Waals surface area (Å²) in [6.07, 6.45) is 2.25. The van der Waals surface area contributed by atoms with Crippen LogP contribution in [0.25, 0.3) is 11.5 Å². The Hall–Kier alpha value is -1.46. The molecule has 0 amide bonds. The standard InChI is InChI=1S/C11H13ClN4O/c1-3-11(2,13)10-15-9(16-17-10)8-5-4-7(12)6-14-8/h4-6H,3,13H2,1-2H3. The van der Waals surface area contributed by atoms with Crippen molar-refractivity contribution < 1.29 is 4.52 Å². The Labute approximate surface area is 104 Å². The van der Waals surface area contributed by atoms with Gasteiger partial charge in [0.05, 0.1) is 10.6 Å². The zero-order valence-corrected chi connectivity index (χ0v) is 10.4. The third-order valence-electron chi connectivity index (χ3n) is 2.61. The highest BCUT2D eigenvalue weighted by atomic mass is 35.5. The summed E-state index contributed by atoms with van der Waals surface area (Å²) < 4.78 is 5.15. The van der Waals surface area contributed by atoms with Crippen LogP contribution < -0.4 is 5.73 Å². The molecule has 0 saturated heterocycles. The van der Waals surface area contributed by atoms with Gasteiger partial charge in [0.25, 0.3) is 0 Å². The van der Waals surface area contributed by atoms with Gasteiger partial charge in [0.15, 0.2) is 0 Å². The number of hydrogen-bond acceptors (Lipinski definition) is 5. The topological polar surface area (TPSA) is 77.8 Å². The van der Waals surface area contributed by atoms with E-state index in [9.17, 15) is 0 Å². The number of aromatic nitrogens is 3. The maximum atomic E-state index is 6.02. The molecule has 0 aliphatic heterocycles. The molecule has 0 fully saturated rings. The third-order valence-corrected chi connectivity index (χ3v) is 2.83. The number of nitrogens with zero attached hydrogens (tertiary/aromatic N) is 3. The Bertz CT molecular complexity index is 506. The van der Waals surface area contributed by atoms with Crippen molar-refractivity contribution in [1.82, 2.24) is 15.1 Å². The molecule has 2 heterocycles. The molecule has 0 radical (unpaired) electrons. The lowest BCUT2D eigenvalue weighted by atomic mass is 10.0. The Morgan fingerprint density at radius 3 is 2.82 bits per heavy atom. The first kappa shape index (κ1) is 12.0. The van der Waals surface area contributed by atoms with Crippen molar-refractivity contribution in [1.29, 1.82) is 0 Å². The summed E-state index contributed by atoms with van der Waals surface area (Å²) in [6.45, 7) is 3.81. The first-order valence-corrected chi connectivity index (χ1v) is 5.65. The van der Waals surface area contributed by atoms with Crippen molar-refractivity contribution >= 4 is 11.6 Å². The Morgan fingerprint density at radius 1 is 1.47 bits per heavy atom. The van der Waals surface area contributed by atoms with Crippen LogP contribution in [-0.4, -0.2) is 15.1 Å². The summed E-state index contributed by atoms with van der Waals surface area (Å²) in [5.41, 5.74) is 6.01. The minimum absolute atomic E-state index is 0.409. The van der Waals surface area contributed by atoms with Gasteiger partial charge in [0, 0.05) is 6.20 Å². The number of nitrogens with two attached hydrogens (primary N) is 1. The van der Waals surface area contributed by atoms with Gasteiger partial charge in [-0.15, -0.1) is 0 Å². The van der Waals surface area contributed by atoms with Crippen LogP contribution in [0.5, 0.6) is 0 Å². The smallest absolute Gasteiger partial charge is 0.246 e. The molecule has 0 saturated carbocycles. The number of pyridine rings is 1. The fourth-order valence-electron chi connectivity index (χ4n) is 1.22. The molecule has 0 bridgehead atoms. The van der Waals surface area contributed by atoms with Gasteiger partial charge in [-0.05, 0) is 25.5 Å². The summed E-state index contributed by atoms with van der Waals surface area (Å²) in [6, 6.07) is 3.46. The molecule has 0 spiro atoms. The van der Waals surface area contributed by atoms with Gasteiger partial charge in [0.1, 0.15) is 5.69 Å². The summed E-state index contributed by atoms with van der Waals surface area (Å²) in [7, 11) is 0. The highest BCUT2D eigenvalue weighted by Crippen LogP contribution is 2.22. The maximum Gasteiger partial charge on any atom is 0.246 e. The second kappa shape index (κ2) is 4.43. The van der Waals surface area contributed by atoms with Crippen LogP contribution in [0.2, 0.25) is 5.02 Å². The molecule has 5 nitrogen and oxygen atoms in total. The van der Waals surface area contributed by atoms with E-state index in [1.807, 2.05) is 13.8 Å². The molecule has 1 unspecified atom stereocenters. The summed E-state index contributed by atoms with van der Waals surface area (Å²) in [5, 5.41) is 4.42. The zero-order valence-electron chi connectivity index (χ0n) is 9.64. The van der Waals surface area contributed by atoms with Crippen molar-refractivity contribution in [2.45, 2.75) is 25.8 Å². The van der Waals surface area contributed by atoms with Gasteiger partial charge in [-0.25, -0.2) is 0 Å². The van der Waals surface area contributed by atoms with Gasteiger partial charge in [-0.3, -0.25) is 4.98 Å². The predicted molar refractivity (Wildman–Crippen MR) is 64.4 cm³/mol. The van der Waals surface area contributed by atoms with Crippen molar-refractivity contribution in [2.75, 3.05) is 0 Å². The zero-order chi connectivity index (χ0) is 12.5. The highest BCUT2D eigenvalue weighted by Gasteiger charge is 2.26. The molecule has 2 aromatic rings. The Kier molecular flexibility index (Phi) is 3.13. The minimum atomic E-state index is -0.613. The van der Waals surface area contributed by atoms with E-state index in [0.717, 1.165) is 0 Å². The van der Waals surface area contributed by atoms with E-state index in [0.29, 0.717) is 28.9 Å². The number of rotatable bonds is 3. The fraction of sp³-hybridized carbons (Fsp3) is 0.364. The van der Waals surface area contributed by atoms with E-state index in [1.54, 1.807) is 12.1 Å². The van der Waals surface area contributed by atoms with Gasteiger partial charge in [0.2, 0.25) is 11.7 Å². The van der Waals surface area contributed by atoms with Crippen LogP contribution in [0.15, 0.2) is 22.9 Å². The van der Waals surface area contributed by atoms with Crippen LogP contribution in [0.3, 0.4) is 0 Å².